The second-order valence-corrected chi connectivity index (χ2v) is 5.81. The van der Waals surface area contributed by atoms with E-state index in [1.54, 1.807) is 5.38 Å². The summed E-state index contributed by atoms with van der Waals surface area (Å²) in [4.78, 5) is 18.2. The zero-order valence-corrected chi connectivity index (χ0v) is 12.8. The number of rotatable bonds is 8. The molecule has 3 N–H and O–H groups in total. The first-order valence-corrected chi connectivity index (χ1v) is 7.55. The van der Waals surface area contributed by atoms with Gasteiger partial charge in [-0.2, -0.15) is 0 Å². The first-order valence-electron chi connectivity index (χ1n) is 6.67. The lowest BCUT2D eigenvalue weighted by atomic mass is 10.2. The van der Waals surface area contributed by atoms with Gasteiger partial charge in [-0.1, -0.05) is 0 Å². The first kappa shape index (κ1) is 16.1. The van der Waals surface area contributed by atoms with E-state index in [-0.39, 0.29) is 5.91 Å². The Morgan fingerprint density at radius 3 is 2.84 bits per heavy atom. The van der Waals surface area contributed by atoms with Gasteiger partial charge in [-0.05, 0) is 40.3 Å². The smallest absolute Gasteiger partial charge is 0.270 e. The number of nitrogens with one attached hydrogen (secondary N) is 1. The Hall–Kier alpha value is -0.980. The molecule has 0 fully saturated rings. The monoisotopic (exact) mass is 284 g/mol. The highest BCUT2D eigenvalue weighted by molar-refractivity contribution is 7.09. The highest BCUT2D eigenvalue weighted by Crippen LogP contribution is 2.08. The SMILES string of the molecule is CC(C)N(C)CCCCNC(=O)c1csc(CN)n1. The lowest BCUT2D eigenvalue weighted by molar-refractivity contribution is 0.0948. The molecule has 0 saturated carbocycles. The molecule has 6 heteroatoms. The van der Waals surface area contributed by atoms with Crippen molar-refractivity contribution < 1.29 is 4.79 Å². The minimum Gasteiger partial charge on any atom is -0.351 e. The van der Waals surface area contributed by atoms with Crippen molar-refractivity contribution >= 4 is 17.2 Å². The summed E-state index contributed by atoms with van der Waals surface area (Å²) in [5.41, 5.74) is 5.94. The number of carbonyl (C=O) groups is 1. The molecule has 1 aromatic rings. The Labute approximate surface area is 119 Å². The fourth-order valence-corrected chi connectivity index (χ4v) is 2.20. The van der Waals surface area contributed by atoms with Crippen LogP contribution < -0.4 is 11.1 Å². The third-order valence-corrected chi connectivity index (χ3v) is 3.93. The quantitative estimate of drug-likeness (QED) is 0.709. The van der Waals surface area contributed by atoms with Crippen LogP contribution in [0.15, 0.2) is 5.38 Å². The molecule has 0 atom stereocenters. The molecular formula is C13H24N4OS. The number of carbonyl (C=O) groups excluding carboxylic acids is 1. The second kappa shape index (κ2) is 8.24. The molecule has 0 aromatic carbocycles. The van der Waals surface area contributed by atoms with E-state index in [0.717, 1.165) is 24.4 Å². The molecule has 108 valence electrons. The van der Waals surface area contributed by atoms with Crippen molar-refractivity contribution in [1.82, 2.24) is 15.2 Å². The number of hydrogen-bond donors (Lipinski definition) is 2. The molecule has 0 aliphatic heterocycles. The zero-order chi connectivity index (χ0) is 14.3. The van der Waals surface area contributed by atoms with Gasteiger partial charge in [0.05, 0.1) is 0 Å². The van der Waals surface area contributed by atoms with E-state index < -0.39 is 0 Å². The van der Waals surface area contributed by atoms with Crippen LogP contribution in [-0.4, -0.2) is 42.0 Å². The van der Waals surface area contributed by atoms with E-state index in [1.165, 1.54) is 11.3 Å². The summed E-state index contributed by atoms with van der Waals surface area (Å²) in [6.45, 7) is 6.50. The van der Waals surface area contributed by atoms with E-state index in [4.69, 9.17) is 5.73 Å². The summed E-state index contributed by atoms with van der Waals surface area (Å²) >= 11 is 1.43. The standard InChI is InChI=1S/C13H24N4OS/c1-10(2)17(3)7-5-4-6-15-13(18)11-9-19-12(8-14)16-11/h9-10H,4-8,14H2,1-3H3,(H,15,18). The molecule has 0 bridgehead atoms. The maximum atomic E-state index is 11.8. The number of aromatic nitrogens is 1. The number of nitrogens with two attached hydrogens (primary N) is 1. The maximum Gasteiger partial charge on any atom is 0.270 e. The van der Waals surface area contributed by atoms with E-state index in [9.17, 15) is 4.79 Å². The van der Waals surface area contributed by atoms with E-state index >= 15 is 0 Å². The van der Waals surface area contributed by atoms with Gasteiger partial charge in [-0.3, -0.25) is 4.79 Å². The molecule has 1 amide bonds. The molecule has 0 radical (unpaired) electrons. The normalized spacial score (nSPS) is 11.3. The molecular weight excluding hydrogens is 260 g/mol. The summed E-state index contributed by atoms with van der Waals surface area (Å²) in [7, 11) is 2.12. The molecule has 0 aliphatic carbocycles. The molecule has 19 heavy (non-hydrogen) atoms. The van der Waals surface area contributed by atoms with Crippen LogP contribution in [0.4, 0.5) is 0 Å². The number of hydrogen-bond acceptors (Lipinski definition) is 5. The van der Waals surface area contributed by atoms with Gasteiger partial charge in [0.15, 0.2) is 0 Å². The molecule has 1 heterocycles. The predicted molar refractivity (Wildman–Crippen MR) is 79.3 cm³/mol. The van der Waals surface area contributed by atoms with Crippen LogP contribution in [0.1, 0.15) is 42.2 Å². The lowest BCUT2D eigenvalue weighted by Crippen LogP contribution is -2.29. The van der Waals surface area contributed by atoms with E-state index in [2.05, 4.69) is 36.1 Å². The van der Waals surface area contributed by atoms with Gasteiger partial charge in [-0.25, -0.2) is 4.98 Å². The van der Waals surface area contributed by atoms with Crippen molar-refractivity contribution in [3.63, 3.8) is 0 Å². The van der Waals surface area contributed by atoms with Gasteiger partial charge in [0, 0.05) is 24.5 Å². The van der Waals surface area contributed by atoms with Crippen LogP contribution in [0.25, 0.3) is 0 Å². The molecule has 1 aromatic heterocycles. The van der Waals surface area contributed by atoms with Crippen molar-refractivity contribution in [1.29, 1.82) is 0 Å². The molecule has 0 unspecified atom stereocenters. The second-order valence-electron chi connectivity index (χ2n) is 4.87. The zero-order valence-electron chi connectivity index (χ0n) is 12.0. The summed E-state index contributed by atoms with van der Waals surface area (Å²) in [6.07, 6.45) is 2.07. The Balaban J connectivity index is 2.17. The van der Waals surface area contributed by atoms with Crippen LogP contribution >= 0.6 is 11.3 Å². The van der Waals surface area contributed by atoms with Gasteiger partial charge < -0.3 is 16.0 Å². The summed E-state index contributed by atoms with van der Waals surface area (Å²) in [6, 6.07) is 0.569. The van der Waals surface area contributed by atoms with Crippen molar-refractivity contribution in [2.45, 2.75) is 39.3 Å². The third-order valence-electron chi connectivity index (χ3n) is 3.06. The molecule has 0 spiro atoms. The molecule has 1 rings (SSSR count). The average molecular weight is 284 g/mol. The average Bonchev–Trinajstić information content (AvgIpc) is 2.86. The highest BCUT2D eigenvalue weighted by Gasteiger charge is 2.09. The van der Waals surface area contributed by atoms with Crippen molar-refractivity contribution in [2.75, 3.05) is 20.1 Å². The topological polar surface area (TPSA) is 71.2 Å². The van der Waals surface area contributed by atoms with Crippen LogP contribution in [0, 0.1) is 0 Å². The van der Waals surface area contributed by atoms with Gasteiger partial charge >= 0.3 is 0 Å². The number of unbranched alkanes of at least 4 members (excludes halogenated alkanes) is 1. The summed E-state index contributed by atoms with van der Waals surface area (Å²) in [5.74, 6) is -0.104. The highest BCUT2D eigenvalue weighted by atomic mass is 32.1. The Morgan fingerprint density at radius 2 is 2.26 bits per heavy atom. The van der Waals surface area contributed by atoms with Crippen molar-refractivity contribution in [3.8, 4) is 0 Å². The van der Waals surface area contributed by atoms with Gasteiger partial charge in [0.2, 0.25) is 0 Å². The molecule has 0 saturated heterocycles. The Morgan fingerprint density at radius 1 is 1.53 bits per heavy atom. The fourth-order valence-electron chi connectivity index (χ4n) is 1.55. The van der Waals surface area contributed by atoms with Crippen LogP contribution in [-0.2, 0) is 6.54 Å². The summed E-state index contributed by atoms with van der Waals surface area (Å²) < 4.78 is 0. The Kier molecular flexibility index (Phi) is 6.97. The van der Waals surface area contributed by atoms with Crippen LogP contribution in [0.3, 0.4) is 0 Å². The first-order chi connectivity index (χ1) is 9.04. The van der Waals surface area contributed by atoms with E-state index in [1.807, 2.05) is 0 Å². The molecule has 5 nitrogen and oxygen atoms in total. The molecule has 0 aliphatic rings. The van der Waals surface area contributed by atoms with Gasteiger partial charge in [0.1, 0.15) is 10.7 Å². The van der Waals surface area contributed by atoms with Gasteiger partial charge in [-0.15, -0.1) is 11.3 Å². The summed E-state index contributed by atoms with van der Waals surface area (Å²) in [5, 5.41) is 5.43. The number of thiazole rings is 1. The van der Waals surface area contributed by atoms with Crippen molar-refractivity contribution in [2.24, 2.45) is 5.73 Å². The number of nitrogens with zero attached hydrogens (tertiary/aromatic N) is 2. The largest absolute Gasteiger partial charge is 0.351 e. The minimum absolute atomic E-state index is 0.104. The Bertz CT molecular complexity index is 392. The van der Waals surface area contributed by atoms with Gasteiger partial charge in [0.25, 0.3) is 5.91 Å². The fraction of sp³-hybridized carbons (Fsp3) is 0.692. The number of amides is 1. The lowest BCUT2D eigenvalue weighted by Gasteiger charge is -2.20. The van der Waals surface area contributed by atoms with E-state index in [0.29, 0.717) is 24.8 Å². The minimum atomic E-state index is -0.104. The predicted octanol–water partition coefficient (Wildman–Crippen LogP) is 1.45. The maximum absolute atomic E-state index is 11.8. The third kappa shape index (κ3) is 5.67. The van der Waals surface area contributed by atoms with Crippen LogP contribution in [0.5, 0.6) is 0 Å². The van der Waals surface area contributed by atoms with Crippen molar-refractivity contribution in [3.05, 3.63) is 16.1 Å². The van der Waals surface area contributed by atoms with Crippen LogP contribution in [0.2, 0.25) is 0 Å².